The molecule has 0 spiro atoms. The molecule has 1 aromatic heterocycles. The summed E-state index contributed by atoms with van der Waals surface area (Å²) in [7, 11) is 0. The fourth-order valence-corrected chi connectivity index (χ4v) is 2.76. The van der Waals surface area contributed by atoms with Gasteiger partial charge in [0, 0.05) is 6.07 Å². The van der Waals surface area contributed by atoms with Crippen LogP contribution in [0.3, 0.4) is 0 Å². The van der Waals surface area contributed by atoms with Crippen molar-refractivity contribution in [2.24, 2.45) is 0 Å². The standard InChI is InChI=1S/C14H9BrF2N2S/c1-7-2-3-11-13(4-7)19(14(20)18-11)12-6-9(16)8(15)5-10(12)17/h2-6H,1H3,(H,18,20). The molecule has 0 aliphatic carbocycles. The number of aromatic nitrogens is 2. The molecule has 1 heterocycles. The fourth-order valence-electron chi connectivity index (χ4n) is 2.14. The van der Waals surface area contributed by atoms with Crippen LogP contribution in [-0.2, 0) is 0 Å². The molecule has 0 bridgehead atoms. The first-order chi connectivity index (χ1) is 9.47. The summed E-state index contributed by atoms with van der Waals surface area (Å²) in [5.74, 6) is -1.08. The molecule has 6 heteroatoms. The van der Waals surface area contributed by atoms with Gasteiger partial charge < -0.3 is 4.98 Å². The van der Waals surface area contributed by atoms with Gasteiger partial charge in [-0.05, 0) is 58.8 Å². The van der Waals surface area contributed by atoms with E-state index in [1.807, 2.05) is 25.1 Å². The average molecular weight is 355 g/mol. The molecule has 0 unspecified atom stereocenters. The number of halogens is 3. The van der Waals surface area contributed by atoms with E-state index in [4.69, 9.17) is 12.2 Å². The second-order valence-corrected chi connectivity index (χ2v) is 5.74. The van der Waals surface area contributed by atoms with Crippen molar-refractivity contribution < 1.29 is 8.78 Å². The van der Waals surface area contributed by atoms with Gasteiger partial charge in [0.2, 0.25) is 0 Å². The van der Waals surface area contributed by atoms with Crippen LogP contribution in [0, 0.1) is 23.3 Å². The van der Waals surface area contributed by atoms with E-state index in [1.165, 1.54) is 4.57 Å². The van der Waals surface area contributed by atoms with Crippen LogP contribution in [0.2, 0.25) is 0 Å². The van der Waals surface area contributed by atoms with Crippen LogP contribution in [0.4, 0.5) is 8.78 Å². The first kappa shape index (κ1) is 13.5. The van der Waals surface area contributed by atoms with Crippen LogP contribution in [0.25, 0.3) is 16.7 Å². The Balaban J connectivity index is 2.40. The van der Waals surface area contributed by atoms with Gasteiger partial charge in [-0.2, -0.15) is 0 Å². The van der Waals surface area contributed by atoms with Crippen molar-refractivity contribution in [3.05, 3.63) is 56.8 Å². The van der Waals surface area contributed by atoms with Crippen molar-refractivity contribution in [1.82, 2.24) is 9.55 Å². The molecule has 0 aliphatic rings. The lowest BCUT2D eigenvalue weighted by molar-refractivity contribution is 0.588. The molecular weight excluding hydrogens is 346 g/mol. The van der Waals surface area contributed by atoms with Gasteiger partial charge in [-0.3, -0.25) is 4.57 Å². The number of nitrogens with zero attached hydrogens (tertiary/aromatic N) is 1. The Morgan fingerprint density at radius 2 is 1.90 bits per heavy atom. The summed E-state index contributed by atoms with van der Waals surface area (Å²) in [6, 6.07) is 7.90. The molecule has 0 fully saturated rings. The van der Waals surface area contributed by atoms with E-state index in [2.05, 4.69) is 20.9 Å². The van der Waals surface area contributed by atoms with Crippen LogP contribution < -0.4 is 0 Å². The highest BCUT2D eigenvalue weighted by Gasteiger charge is 2.14. The lowest BCUT2D eigenvalue weighted by Gasteiger charge is -2.08. The van der Waals surface area contributed by atoms with Crippen LogP contribution in [0.1, 0.15) is 5.56 Å². The van der Waals surface area contributed by atoms with Crippen molar-refractivity contribution in [3.8, 4) is 5.69 Å². The number of H-pyrrole nitrogens is 1. The lowest BCUT2D eigenvalue weighted by atomic mass is 10.2. The normalized spacial score (nSPS) is 11.2. The van der Waals surface area contributed by atoms with Crippen LogP contribution >= 0.6 is 28.1 Å². The zero-order valence-corrected chi connectivity index (χ0v) is 12.8. The van der Waals surface area contributed by atoms with Crippen LogP contribution in [0.15, 0.2) is 34.8 Å². The van der Waals surface area contributed by atoms with Gasteiger partial charge in [0.15, 0.2) is 4.77 Å². The number of imidazole rings is 1. The third-order valence-corrected chi connectivity index (χ3v) is 3.96. The summed E-state index contributed by atoms with van der Waals surface area (Å²) in [5.41, 5.74) is 2.60. The third kappa shape index (κ3) is 2.09. The summed E-state index contributed by atoms with van der Waals surface area (Å²) < 4.78 is 29.7. The predicted molar refractivity (Wildman–Crippen MR) is 80.8 cm³/mol. The quantitative estimate of drug-likeness (QED) is 0.479. The van der Waals surface area contributed by atoms with Crippen LogP contribution in [0.5, 0.6) is 0 Å². The minimum Gasteiger partial charge on any atom is -0.330 e. The maximum absolute atomic E-state index is 14.1. The molecule has 0 amide bonds. The van der Waals surface area contributed by atoms with Gasteiger partial charge in [-0.15, -0.1) is 0 Å². The summed E-state index contributed by atoms with van der Waals surface area (Å²) in [4.78, 5) is 2.99. The third-order valence-electron chi connectivity index (χ3n) is 3.07. The number of aryl methyl sites for hydroxylation is 1. The summed E-state index contributed by atoms with van der Waals surface area (Å²) in [6.07, 6.45) is 0. The van der Waals surface area contributed by atoms with E-state index >= 15 is 0 Å². The molecule has 3 aromatic rings. The Kier molecular flexibility index (Phi) is 3.22. The van der Waals surface area contributed by atoms with Gasteiger partial charge in [0.1, 0.15) is 11.6 Å². The number of benzene rings is 2. The highest BCUT2D eigenvalue weighted by atomic mass is 79.9. The first-order valence-corrected chi connectivity index (χ1v) is 7.04. The largest absolute Gasteiger partial charge is 0.330 e. The Morgan fingerprint density at radius 3 is 2.65 bits per heavy atom. The Bertz CT molecular complexity index is 883. The fraction of sp³-hybridized carbons (Fsp3) is 0.0714. The summed E-state index contributed by atoms with van der Waals surface area (Å²) in [6.45, 7) is 1.93. The van der Waals surface area contributed by atoms with E-state index in [9.17, 15) is 8.78 Å². The molecule has 102 valence electrons. The average Bonchev–Trinajstić information content (AvgIpc) is 2.69. The minimum absolute atomic E-state index is 0.0845. The SMILES string of the molecule is Cc1ccc2[nH]c(=S)n(-c3cc(F)c(Br)cc3F)c2c1. The van der Waals surface area contributed by atoms with Crippen molar-refractivity contribution in [2.75, 3.05) is 0 Å². The number of nitrogens with one attached hydrogen (secondary N) is 1. The number of hydrogen-bond acceptors (Lipinski definition) is 1. The molecule has 2 nitrogen and oxygen atoms in total. The molecule has 0 aliphatic heterocycles. The molecule has 2 aromatic carbocycles. The highest BCUT2D eigenvalue weighted by molar-refractivity contribution is 9.10. The summed E-state index contributed by atoms with van der Waals surface area (Å²) in [5, 5.41) is 0. The van der Waals surface area contributed by atoms with Crippen molar-refractivity contribution in [3.63, 3.8) is 0 Å². The molecule has 0 saturated heterocycles. The molecule has 0 atom stereocenters. The minimum atomic E-state index is -0.545. The van der Waals surface area contributed by atoms with Crippen molar-refractivity contribution >= 4 is 39.2 Å². The van der Waals surface area contributed by atoms with Gasteiger partial charge in [0.25, 0.3) is 0 Å². The highest BCUT2D eigenvalue weighted by Crippen LogP contribution is 2.26. The molecule has 3 rings (SSSR count). The van der Waals surface area contributed by atoms with Crippen LogP contribution in [-0.4, -0.2) is 9.55 Å². The van der Waals surface area contributed by atoms with E-state index < -0.39 is 11.6 Å². The number of hydrogen-bond donors (Lipinski definition) is 1. The maximum atomic E-state index is 14.1. The summed E-state index contributed by atoms with van der Waals surface area (Å²) >= 11 is 8.19. The predicted octanol–water partition coefficient (Wildman–Crippen LogP) is 5.04. The van der Waals surface area contributed by atoms with E-state index in [0.717, 1.165) is 28.7 Å². The Labute approximate surface area is 127 Å². The smallest absolute Gasteiger partial charge is 0.182 e. The molecule has 20 heavy (non-hydrogen) atoms. The number of fused-ring (bicyclic) bond motifs is 1. The van der Waals surface area contributed by atoms with E-state index in [1.54, 1.807) is 0 Å². The number of rotatable bonds is 1. The zero-order valence-electron chi connectivity index (χ0n) is 10.4. The second kappa shape index (κ2) is 4.79. The van der Waals surface area contributed by atoms with Gasteiger partial charge in [0.05, 0.1) is 21.2 Å². The van der Waals surface area contributed by atoms with Gasteiger partial charge in [-0.1, -0.05) is 6.07 Å². The number of aromatic amines is 1. The molecule has 0 saturated carbocycles. The lowest BCUT2D eigenvalue weighted by Crippen LogP contribution is -1.99. The zero-order chi connectivity index (χ0) is 14.4. The van der Waals surface area contributed by atoms with E-state index in [0.29, 0.717) is 4.77 Å². The topological polar surface area (TPSA) is 20.7 Å². The van der Waals surface area contributed by atoms with Crippen molar-refractivity contribution in [1.29, 1.82) is 0 Å². The molecular formula is C14H9BrF2N2S. The Hall–Kier alpha value is -1.53. The molecule has 1 N–H and O–H groups in total. The van der Waals surface area contributed by atoms with Gasteiger partial charge >= 0.3 is 0 Å². The van der Waals surface area contributed by atoms with Gasteiger partial charge in [-0.25, -0.2) is 8.78 Å². The van der Waals surface area contributed by atoms with Crippen molar-refractivity contribution in [2.45, 2.75) is 6.92 Å². The monoisotopic (exact) mass is 354 g/mol. The first-order valence-electron chi connectivity index (χ1n) is 5.83. The second-order valence-electron chi connectivity index (χ2n) is 4.50. The van der Waals surface area contributed by atoms with E-state index in [-0.39, 0.29) is 10.2 Å². The Morgan fingerprint density at radius 1 is 1.15 bits per heavy atom. The maximum Gasteiger partial charge on any atom is 0.182 e. The molecule has 0 radical (unpaired) electrons.